The van der Waals surface area contributed by atoms with Crippen LogP contribution in [0.1, 0.15) is 49.2 Å². The molecule has 0 saturated heterocycles. The quantitative estimate of drug-likeness (QED) is 0.652. The lowest BCUT2D eigenvalue weighted by atomic mass is 9.92. The smallest absolute Gasteiger partial charge is 0.223 e. The molecule has 0 amide bonds. The summed E-state index contributed by atoms with van der Waals surface area (Å²) in [6.07, 6.45) is 7.35. The van der Waals surface area contributed by atoms with E-state index in [-0.39, 0.29) is 6.04 Å². The number of halogens is 1. The van der Waals surface area contributed by atoms with Crippen molar-refractivity contribution in [1.29, 1.82) is 0 Å². The van der Waals surface area contributed by atoms with Gasteiger partial charge in [-0.15, -0.1) is 0 Å². The molecule has 0 aliphatic heterocycles. The maximum absolute atomic E-state index is 4.65. The lowest BCUT2D eigenvalue weighted by Gasteiger charge is -2.24. The molecule has 1 aliphatic rings. The highest BCUT2D eigenvalue weighted by molar-refractivity contribution is 9.10. The molecule has 2 aromatic heterocycles. The summed E-state index contributed by atoms with van der Waals surface area (Å²) >= 11 is 3.59. The van der Waals surface area contributed by atoms with Gasteiger partial charge in [-0.25, -0.2) is 9.97 Å². The number of aromatic nitrogens is 3. The van der Waals surface area contributed by atoms with Gasteiger partial charge in [-0.1, -0.05) is 29.3 Å². The SMILES string of the molecule is CCCc1ccnc(NC2CCCc3c2[nH]c2ccc(Br)cc32)n1. The zero-order chi connectivity index (χ0) is 16.5. The number of hydrogen-bond donors (Lipinski definition) is 2. The molecule has 0 spiro atoms. The number of nitrogens with one attached hydrogen (secondary N) is 2. The van der Waals surface area contributed by atoms with Gasteiger partial charge in [0.2, 0.25) is 5.95 Å². The molecule has 1 aromatic carbocycles. The Balaban J connectivity index is 1.67. The van der Waals surface area contributed by atoms with Crippen molar-refractivity contribution in [1.82, 2.24) is 15.0 Å². The molecule has 4 nitrogen and oxygen atoms in total. The zero-order valence-corrected chi connectivity index (χ0v) is 15.4. The molecular weight excluding hydrogens is 364 g/mol. The number of hydrogen-bond acceptors (Lipinski definition) is 3. The van der Waals surface area contributed by atoms with Crippen molar-refractivity contribution in [3.05, 3.63) is 51.9 Å². The first-order valence-electron chi connectivity index (χ1n) is 8.63. The van der Waals surface area contributed by atoms with Gasteiger partial charge in [0.25, 0.3) is 0 Å². The van der Waals surface area contributed by atoms with Crippen molar-refractivity contribution in [3.63, 3.8) is 0 Å². The fourth-order valence-electron chi connectivity index (χ4n) is 3.60. The van der Waals surface area contributed by atoms with Crippen molar-refractivity contribution in [2.45, 2.75) is 45.1 Å². The van der Waals surface area contributed by atoms with E-state index >= 15 is 0 Å². The van der Waals surface area contributed by atoms with E-state index in [1.54, 1.807) is 0 Å². The van der Waals surface area contributed by atoms with E-state index in [9.17, 15) is 0 Å². The number of aromatic amines is 1. The summed E-state index contributed by atoms with van der Waals surface area (Å²) in [4.78, 5) is 12.7. The van der Waals surface area contributed by atoms with Crippen LogP contribution in [0.15, 0.2) is 34.9 Å². The van der Waals surface area contributed by atoms with Gasteiger partial charge in [-0.2, -0.15) is 0 Å². The van der Waals surface area contributed by atoms with Crippen molar-refractivity contribution in [2.24, 2.45) is 0 Å². The minimum atomic E-state index is 0.247. The molecule has 1 aliphatic carbocycles. The number of fused-ring (bicyclic) bond motifs is 3. The molecule has 5 heteroatoms. The number of anilines is 1. The minimum absolute atomic E-state index is 0.247. The summed E-state index contributed by atoms with van der Waals surface area (Å²) in [7, 11) is 0. The molecule has 24 heavy (non-hydrogen) atoms. The molecule has 0 radical (unpaired) electrons. The third-order valence-corrected chi connectivity index (χ3v) is 5.19. The summed E-state index contributed by atoms with van der Waals surface area (Å²) in [6, 6.07) is 8.70. The van der Waals surface area contributed by atoms with Gasteiger partial charge < -0.3 is 10.3 Å². The van der Waals surface area contributed by atoms with E-state index in [0.29, 0.717) is 0 Å². The monoisotopic (exact) mass is 384 g/mol. The average molecular weight is 385 g/mol. The third kappa shape index (κ3) is 2.93. The Kier molecular flexibility index (Phi) is 4.27. The summed E-state index contributed by atoms with van der Waals surface area (Å²) in [6.45, 7) is 2.17. The molecule has 2 heterocycles. The lowest BCUT2D eigenvalue weighted by Crippen LogP contribution is -2.18. The molecule has 4 rings (SSSR count). The standard InChI is InChI=1S/C19H21BrN4/c1-2-4-13-9-10-21-19(22-13)24-17-6-3-5-14-15-11-12(20)7-8-16(15)23-18(14)17/h7-11,17,23H,2-6H2,1H3,(H,21,22,24). The molecule has 0 saturated carbocycles. The van der Waals surface area contributed by atoms with Gasteiger partial charge in [0.05, 0.1) is 6.04 Å². The van der Waals surface area contributed by atoms with Gasteiger partial charge in [-0.05, 0) is 55.5 Å². The van der Waals surface area contributed by atoms with Crippen LogP contribution in [0, 0.1) is 0 Å². The average Bonchev–Trinajstić information content (AvgIpc) is 2.95. The summed E-state index contributed by atoms with van der Waals surface area (Å²) in [5, 5.41) is 4.87. The van der Waals surface area contributed by atoms with E-state index < -0.39 is 0 Å². The summed E-state index contributed by atoms with van der Waals surface area (Å²) < 4.78 is 1.13. The molecule has 3 aromatic rings. The van der Waals surface area contributed by atoms with Crippen LogP contribution < -0.4 is 5.32 Å². The molecule has 0 bridgehead atoms. The van der Waals surface area contributed by atoms with E-state index in [1.807, 2.05) is 12.3 Å². The molecule has 124 valence electrons. The first-order valence-corrected chi connectivity index (χ1v) is 9.42. The molecule has 1 atom stereocenters. The third-order valence-electron chi connectivity index (χ3n) is 4.69. The van der Waals surface area contributed by atoms with Crippen LogP contribution in [0.25, 0.3) is 10.9 Å². The fourth-order valence-corrected chi connectivity index (χ4v) is 3.96. The van der Waals surface area contributed by atoms with Crippen molar-refractivity contribution in [3.8, 4) is 0 Å². The lowest BCUT2D eigenvalue weighted by molar-refractivity contribution is 0.588. The zero-order valence-electron chi connectivity index (χ0n) is 13.8. The van der Waals surface area contributed by atoms with Crippen LogP contribution in [0.4, 0.5) is 5.95 Å². The van der Waals surface area contributed by atoms with Gasteiger partial charge in [-0.3, -0.25) is 0 Å². The maximum atomic E-state index is 4.65. The Morgan fingerprint density at radius 3 is 3.12 bits per heavy atom. The van der Waals surface area contributed by atoms with Crippen LogP contribution in [-0.2, 0) is 12.8 Å². The number of nitrogens with zero attached hydrogens (tertiary/aromatic N) is 2. The van der Waals surface area contributed by atoms with E-state index in [0.717, 1.165) is 41.8 Å². The predicted molar refractivity (Wildman–Crippen MR) is 101 cm³/mol. The minimum Gasteiger partial charge on any atom is -0.356 e. The Morgan fingerprint density at radius 2 is 2.25 bits per heavy atom. The van der Waals surface area contributed by atoms with Crippen LogP contribution in [-0.4, -0.2) is 15.0 Å². The normalized spacial score (nSPS) is 17.0. The topological polar surface area (TPSA) is 53.6 Å². The largest absolute Gasteiger partial charge is 0.356 e. The molecule has 1 unspecified atom stereocenters. The number of benzene rings is 1. The Morgan fingerprint density at radius 1 is 1.33 bits per heavy atom. The van der Waals surface area contributed by atoms with Crippen LogP contribution in [0.5, 0.6) is 0 Å². The second-order valence-electron chi connectivity index (χ2n) is 6.42. The van der Waals surface area contributed by atoms with Crippen LogP contribution in [0.2, 0.25) is 0 Å². The first kappa shape index (κ1) is 15.6. The fraction of sp³-hybridized carbons (Fsp3) is 0.368. The number of rotatable bonds is 4. The van der Waals surface area contributed by atoms with E-state index in [2.05, 4.69) is 61.3 Å². The molecule has 2 N–H and O–H groups in total. The highest BCUT2D eigenvalue weighted by Gasteiger charge is 2.24. The van der Waals surface area contributed by atoms with Crippen molar-refractivity contribution < 1.29 is 0 Å². The predicted octanol–water partition coefficient (Wildman–Crippen LogP) is 5.16. The Bertz CT molecular complexity index is 871. The van der Waals surface area contributed by atoms with Gasteiger partial charge in [0.1, 0.15) is 0 Å². The van der Waals surface area contributed by atoms with Crippen LogP contribution >= 0.6 is 15.9 Å². The Hall–Kier alpha value is -1.88. The number of aryl methyl sites for hydroxylation is 2. The second kappa shape index (κ2) is 6.55. The highest BCUT2D eigenvalue weighted by Crippen LogP contribution is 2.37. The summed E-state index contributed by atoms with van der Waals surface area (Å²) in [5.41, 5.74) is 5.03. The number of H-pyrrole nitrogens is 1. The molecule has 0 fully saturated rings. The first-order chi connectivity index (χ1) is 11.7. The van der Waals surface area contributed by atoms with Crippen molar-refractivity contribution >= 4 is 32.8 Å². The van der Waals surface area contributed by atoms with Gasteiger partial charge in [0.15, 0.2) is 0 Å². The van der Waals surface area contributed by atoms with Gasteiger partial charge >= 0.3 is 0 Å². The maximum Gasteiger partial charge on any atom is 0.223 e. The Labute approximate surface area is 150 Å². The van der Waals surface area contributed by atoms with E-state index in [1.165, 1.54) is 28.6 Å². The molecular formula is C19H21BrN4. The van der Waals surface area contributed by atoms with Crippen molar-refractivity contribution in [2.75, 3.05) is 5.32 Å². The van der Waals surface area contributed by atoms with Gasteiger partial charge in [0, 0.05) is 33.0 Å². The van der Waals surface area contributed by atoms with E-state index in [4.69, 9.17) is 0 Å². The second-order valence-corrected chi connectivity index (χ2v) is 7.33. The highest BCUT2D eigenvalue weighted by atomic mass is 79.9. The summed E-state index contributed by atoms with van der Waals surface area (Å²) in [5.74, 6) is 0.735. The van der Waals surface area contributed by atoms with Crippen LogP contribution in [0.3, 0.4) is 0 Å².